The van der Waals surface area contributed by atoms with Gasteiger partial charge in [0.1, 0.15) is 5.82 Å². The zero-order valence-corrected chi connectivity index (χ0v) is 24.3. The fourth-order valence-corrected chi connectivity index (χ4v) is 6.95. The molecule has 3 heterocycles. The lowest BCUT2D eigenvalue weighted by Crippen LogP contribution is -2.42. The first-order valence-corrected chi connectivity index (χ1v) is 14.6. The standard InChI is InChI=1S/C29H29N7O2S2/c1-16-7-5-8-17(2)25(16)33-22(38)15-39-28-35-34-27(40-28)36-20-11-29(3,4)12-21(37)24(20)23(19(13-30)26(36)31)18-9-6-10-32-14-18/h5-10,14,23H,11-12,15,31H2,1-4H3,(H,33,38). The van der Waals surface area contributed by atoms with Gasteiger partial charge in [0.25, 0.3) is 0 Å². The molecule has 2 aromatic heterocycles. The molecule has 11 heteroatoms. The molecule has 0 bridgehead atoms. The van der Waals surface area contributed by atoms with Crippen LogP contribution < -0.4 is 16.0 Å². The number of pyridine rings is 1. The lowest BCUT2D eigenvalue weighted by Gasteiger charge is -2.42. The van der Waals surface area contributed by atoms with Crippen molar-refractivity contribution in [2.75, 3.05) is 16.0 Å². The molecule has 0 spiro atoms. The molecule has 2 aliphatic rings. The summed E-state index contributed by atoms with van der Waals surface area (Å²) in [4.78, 5) is 32.2. The number of Topliss-reactive ketones (excluding diaryl/α,β-unsaturated/α-hetero) is 1. The number of rotatable bonds is 6. The number of ketones is 1. The molecule has 9 nitrogen and oxygen atoms in total. The summed E-state index contributed by atoms with van der Waals surface area (Å²) in [6.45, 7) is 8.00. The molecule has 204 valence electrons. The second-order valence-corrected chi connectivity index (χ2v) is 12.9. The van der Waals surface area contributed by atoms with Crippen molar-refractivity contribution < 1.29 is 9.59 Å². The molecule has 0 saturated heterocycles. The third kappa shape index (κ3) is 5.24. The van der Waals surface area contributed by atoms with E-state index in [0.717, 1.165) is 28.1 Å². The number of aromatic nitrogens is 3. The van der Waals surface area contributed by atoms with Crippen molar-refractivity contribution in [1.29, 1.82) is 5.26 Å². The van der Waals surface area contributed by atoms with E-state index in [1.165, 1.54) is 23.1 Å². The number of amides is 1. The van der Waals surface area contributed by atoms with Crippen LogP contribution in [-0.4, -0.2) is 32.6 Å². The summed E-state index contributed by atoms with van der Waals surface area (Å²) in [5.74, 6) is -0.385. The van der Waals surface area contributed by atoms with Crippen LogP contribution in [0.5, 0.6) is 0 Å². The van der Waals surface area contributed by atoms with Gasteiger partial charge < -0.3 is 11.1 Å². The average molecular weight is 572 g/mol. The highest BCUT2D eigenvalue weighted by molar-refractivity contribution is 8.01. The molecule has 0 radical (unpaired) electrons. The molecule has 1 unspecified atom stereocenters. The Morgan fingerprint density at radius 2 is 1.98 bits per heavy atom. The number of thioether (sulfide) groups is 1. The molecule has 0 saturated carbocycles. The average Bonchev–Trinajstić information content (AvgIpc) is 3.37. The summed E-state index contributed by atoms with van der Waals surface area (Å²) in [5.41, 5.74) is 11.5. The minimum Gasteiger partial charge on any atom is -0.384 e. The van der Waals surface area contributed by atoms with Crippen molar-refractivity contribution >= 4 is 45.6 Å². The number of anilines is 2. The van der Waals surface area contributed by atoms with Gasteiger partial charge in [-0.3, -0.25) is 19.5 Å². The first kappa shape index (κ1) is 27.6. The number of nitrogens with one attached hydrogen (secondary N) is 1. The van der Waals surface area contributed by atoms with Crippen LogP contribution >= 0.6 is 23.1 Å². The Morgan fingerprint density at radius 1 is 1.23 bits per heavy atom. The molecule has 1 aliphatic carbocycles. The largest absolute Gasteiger partial charge is 0.384 e. The van der Waals surface area contributed by atoms with Gasteiger partial charge in [-0.05, 0) is 48.4 Å². The molecule has 3 aromatic rings. The molecular weight excluding hydrogens is 543 g/mol. The van der Waals surface area contributed by atoms with Gasteiger partial charge in [-0.25, -0.2) is 0 Å². The summed E-state index contributed by atoms with van der Waals surface area (Å²) in [6.07, 6.45) is 4.26. The first-order chi connectivity index (χ1) is 19.1. The monoisotopic (exact) mass is 571 g/mol. The van der Waals surface area contributed by atoms with Crippen LogP contribution in [0, 0.1) is 30.6 Å². The van der Waals surface area contributed by atoms with Crippen molar-refractivity contribution in [3.05, 3.63) is 82.1 Å². The number of nitrogens with two attached hydrogens (primary N) is 1. The highest BCUT2D eigenvalue weighted by Crippen LogP contribution is 2.50. The van der Waals surface area contributed by atoms with E-state index >= 15 is 0 Å². The van der Waals surface area contributed by atoms with E-state index in [-0.39, 0.29) is 34.3 Å². The van der Waals surface area contributed by atoms with E-state index in [2.05, 4.69) is 26.6 Å². The van der Waals surface area contributed by atoms with Crippen LogP contribution in [0.25, 0.3) is 0 Å². The number of carbonyl (C=O) groups is 2. The maximum absolute atomic E-state index is 13.6. The fourth-order valence-electron chi connectivity index (χ4n) is 5.27. The number of carbonyl (C=O) groups excluding carboxylic acids is 2. The van der Waals surface area contributed by atoms with Crippen molar-refractivity contribution in [1.82, 2.24) is 15.2 Å². The lowest BCUT2D eigenvalue weighted by atomic mass is 9.69. The Labute approximate surface area is 241 Å². The minimum absolute atomic E-state index is 0.0207. The zero-order chi connectivity index (χ0) is 28.6. The lowest BCUT2D eigenvalue weighted by molar-refractivity contribution is -0.118. The van der Waals surface area contributed by atoms with Crippen molar-refractivity contribution in [2.45, 2.75) is 50.8 Å². The van der Waals surface area contributed by atoms with Crippen molar-refractivity contribution in [3.63, 3.8) is 0 Å². The van der Waals surface area contributed by atoms with E-state index in [9.17, 15) is 14.9 Å². The summed E-state index contributed by atoms with van der Waals surface area (Å²) in [7, 11) is 0. The minimum atomic E-state index is -0.594. The third-order valence-electron chi connectivity index (χ3n) is 7.06. The first-order valence-electron chi connectivity index (χ1n) is 12.8. The van der Waals surface area contributed by atoms with Crippen LogP contribution in [0.3, 0.4) is 0 Å². The maximum atomic E-state index is 13.6. The molecule has 1 amide bonds. The van der Waals surface area contributed by atoms with Crippen molar-refractivity contribution in [2.24, 2.45) is 11.1 Å². The van der Waals surface area contributed by atoms with Gasteiger partial charge in [0.2, 0.25) is 11.0 Å². The normalized spacial score (nSPS) is 18.4. The highest BCUT2D eigenvalue weighted by Gasteiger charge is 2.45. The second-order valence-electron chi connectivity index (χ2n) is 10.7. The van der Waals surface area contributed by atoms with E-state index in [1.807, 2.05) is 52.0 Å². The molecule has 0 fully saturated rings. The Balaban J connectivity index is 1.45. The van der Waals surface area contributed by atoms with Crippen LogP contribution in [-0.2, 0) is 9.59 Å². The number of para-hydroxylation sites is 1. The number of nitrogens with zero attached hydrogens (tertiary/aromatic N) is 5. The maximum Gasteiger partial charge on any atom is 0.234 e. The van der Waals surface area contributed by atoms with E-state index in [4.69, 9.17) is 5.73 Å². The topological polar surface area (TPSA) is 138 Å². The number of aryl methyl sites for hydroxylation is 2. The molecule has 3 N–H and O–H groups in total. The van der Waals surface area contributed by atoms with Gasteiger partial charge in [0.15, 0.2) is 10.1 Å². The van der Waals surface area contributed by atoms with Gasteiger partial charge in [-0.2, -0.15) is 5.26 Å². The number of allylic oxidation sites excluding steroid dienone is 3. The van der Waals surface area contributed by atoms with Crippen LogP contribution in [0.15, 0.2) is 69.7 Å². The fraction of sp³-hybridized carbons (Fsp3) is 0.310. The quantitative estimate of drug-likeness (QED) is 0.381. The summed E-state index contributed by atoms with van der Waals surface area (Å²) >= 11 is 2.54. The molecule has 5 rings (SSSR count). The van der Waals surface area contributed by atoms with Crippen LogP contribution in [0.2, 0.25) is 0 Å². The molecular formula is C29H29N7O2S2. The molecule has 1 aliphatic heterocycles. The Kier molecular flexibility index (Phi) is 7.49. The van der Waals surface area contributed by atoms with E-state index in [1.54, 1.807) is 23.4 Å². The van der Waals surface area contributed by atoms with Crippen molar-refractivity contribution in [3.8, 4) is 6.07 Å². The smallest absolute Gasteiger partial charge is 0.234 e. The molecule has 40 heavy (non-hydrogen) atoms. The SMILES string of the molecule is Cc1cccc(C)c1NC(=O)CSc1nnc(N2C(N)=C(C#N)C(c3cccnc3)C3=C2CC(C)(C)CC3=O)s1. The van der Waals surface area contributed by atoms with Crippen LogP contribution in [0.1, 0.15) is 49.3 Å². The van der Waals surface area contributed by atoms with Gasteiger partial charge in [0, 0.05) is 35.8 Å². The predicted octanol–water partition coefficient (Wildman–Crippen LogP) is 5.22. The Bertz CT molecular complexity index is 1580. The van der Waals surface area contributed by atoms with Gasteiger partial charge >= 0.3 is 0 Å². The van der Waals surface area contributed by atoms with E-state index in [0.29, 0.717) is 27.9 Å². The summed E-state index contributed by atoms with van der Waals surface area (Å²) < 4.78 is 0.580. The third-order valence-corrected chi connectivity index (χ3v) is 9.10. The molecule has 1 aromatic carbocycles. The number of nitriles is 1. The van der Waals surface area contributed by atoms with Gasteiger partial charge in [0.05, 0.1) is 23.3 Å². The predicted molar refractivity (Wildman–Crippen MR) is 157 cm³/mol. The second kappa shape index (κ2) is 10.9. The van der Waals surface area contributed by atoms with Crippen LogP contribution in [0.4, 0.5) is 10.8 Å². The highest BCUT2D eigenvalue weighted by atomic mass is 32.2. The summed E-state index contributed by atoms with van der Waals surface area (Å²) in [6, 6.07) is 11.8. The van der Waals surface area contributed by atoms with Gasteiger partial charge in [-0.1, -0.05) is 61.2 Å². The Hall–Kier alpha value is -4.01. The van der Waals surface area contributed by atoms with E-state index < -0.39 is 5.92 Å². The molecule has 1 atom stereocenters. The number of benzene rings is 1. The summed E-state index contributed by atoms with van der Waals surface area (Å²) in [5, 5.41) is 22.3. The number of hydrogen-bond donors (Lipinski definition) is 2. The van der Waals surface area contributed by atoms with Gasteiger partial charge in [-0.15, -0.1) is 10.2 Å². The Morgan fingerprint density at radius 3 is 2.65 bits per heavy atom. The zero-order valence-electron chi connectivity index (χ0n) is 22.7. The number of hydrogen-bond acceptors (Lipinski definition) is 10.